The number of fused-ring (bicyclic) bond motifs is 5. The summed E-state index contributed by atoms with van der Waals surface area (Å²) in [5.41, 5.74) is 0.505. The van der Waals surface area contributed by atoms with Crippen LogP contribution in [-0.2, 0) is 4.74 Å². The molecule has 1 saturated heterocycles. The molecule has 0 radical (unpaired) electrons. The lowest BCUT2D eigenvalue weighted by Gasteiger charge is -2.62. The van der Waals surface area contributed by atoms with Gasteiger partial charge in [0.15, 0.2) is 0 Å². The molecule has 0 spiro atoms. The molecule has 5 aliphatic rings. The maximum Gasteiger partial charge on any atom is 0.0648 e. The van der Waals surface area contributed by atoms with Crippen LogP contribution >= 0.6 is 0 Å². The molecular weight excluding hydrogens is 396 g/mol. The lowest BCUT2D eigenvalue weighted by atomic mass is 9.43. The zero-order valence-corrected chi connectivity index (χ0v) is 21.2. The van der Waals surface area contributed by atoms with Crippen LogP contribution in [0.15, 0.2) is 0 Å². The van der Waals surface area contributed by atoms with Crippen molar-refractivity contribution in [3.8, 4) is 0 Å². The number of hydrogen-bond acceptors (Lipinski definition) is 3. The van der Waals surface area contributed by atoms with Gasteiger partial charge >= 0.3 is 0 Å². The van der Waals surface area contributed by atoms with E-state index in [2.05, 4.69) is 20.8 Å². The van der Waals surface area contributed by atoms with Gasteiger partial charge in [-0.3, -0.25) is 0 Å². The Morgan fingerprint density at radius 2 is 1.59 bits per heavy atom. The van der Waals surface area contributed by atoms with Crippen LogP contribution in [0.2, 0.25) is 0 Å². The van der Waals surface area contributed by atoms with Gasteiger partial charge in [0.2, 0.25) is 0 Å². The predicted molar refractivity (Wildman–Crippen MR) is 129 cm³/mol. The molecule has 3 heteroatoms. The SMILES string of the molecule is CC[C@]1(O)CCC2(C)C(CCC3C2CCC2(C)C3CC[C@@H]2CC(O)CC2CCOCC2)C1. The Morgan fingerprint density at radius 1 is 0.844 bits per heavy atom. The van der Waals surface area contributed by atoms with Crippen LogP contribution in [0.3, 0.4) is 0 Å². The molecule has 0 aromatic carbocycles. The number of aliphatic hydroxyl groups is 2. The monoisotopic (exact) mass is 446 g/mol. The van der Waals surface area contributed by atoms with Crippen molar-refractivity contribution in [1.82, 2.24) is 0 Å². The third kappa shape index (κ3) is 4.01. The van der Waals surface area contributed by atoms with Gasteiger partial charge in [-0.2, -0.15) is 0 Å². The van der Waals surface area contributed by atoms with Gasteiger partial charge in [-0.25, -0.2) is 0 Å². The number of ether oxygens (including phenoxy) is 1. The minimum absolute atomic E-state index is 0.116. The Hall–Kier alpha value is -0.120. The second-order valence-electron chi connectivity index (χ2n) is 13.4. The predicted octanol–water partition coefficient (Wildman–Crippen LogP) is 6.35. The highest BCUT2D eigenvalue weighted by Crippen LogP contribution is 2.68. The Balaban J connectivity index is 1.25. The first kappa shape index (κ1) is 23.6. The first-order valence-corrected chi connectivity index (χ1v) is 14.3. The quantitative estimate of drug-likeness (QED) is 0.517. The van der Waals surface area contributed by atoms with Crippen molar-refractivity contribution in [3.63, 3.8) is 0 Å². The van der Waals surface area contributed by atoms with Crippen molar-refractivity contribution < 1.29 is 14.9 Å². The van der Waals surface area contributed by atoms with E-state index in [0.29, 0.717) is 22.7 Å². The highest BCUT2D eigenvalue weighted by molar-refractivity contribution is 5.10. The first-order valence-electron chi connectivity index (χ1n) is 14.3. The summed E-state index contributed by atoms with van der Waals surface area (Å²) in [7, 11) is 0. The third-order valence-corrected chi connectivity index (χ3v) is 12.2. The van der Waals surface area contributed by atoms with E-state index in [9.17, 15) is 10.2 Å². The van der Waals surface area contributed by atoms with Gasteiger partial charge in [0.1, 0.15) is 0 Å². The van der Waals surface area contributed by atoms with Crippen molar-refractivity contribution in [2.45, 2.75) is 122 Å². The molecule has 32 heavy (non-hydrogen) atoms. The molecule has 2 N–H and O–H groups in total. The van der Waals surface area contributed by atoms with Crippen LogP contribution in [-0.4, -0.2) is 35.1 Å². The molecule has 0 aromatic rings. The van der Waals surface area contributed by atoms with Crippen LogP contribution in [0.4, 0.5) is 0 Å². The summed E-state index contributed by atoms with van der Waals surface area (Å²) in [5.74, 6) is 4.73. The Kier molecular flexibility index (Phi) is 6.52. The molecular formula is C29H50O3. The van der Waals surface area contributed by atoms with E-state index in [1.807, 2.05) is 0 Å². The first-order chi connectivity index (χ1) is 15.3. The Morgan fingerprint density at radius 3 is 2.34 bits per heavy atom. The van der Waals surface area contributed by atoms with E-state index in [1.165, 1.54) is 44.9 Å². The molecule has 0 amide bonds. The van der Waals surface area contributed by atoms with Crippen LogP contribution in [0, 0.1) is 46.3 Å². The molecule has 7 unspecified atom stereocenters. The topological polar surface area (TPSA) is 49.7 Å². The fourth-order valence-corrected chi connectivity index (χ4v) is 9.93. The van der Waals surface area contributed by atoms with Crippen molar-refractivity contribution in [3.05, 3.63) is 0 Å². The molecule has 5 rings (SSSR count). The fraction of sp³-hybridized carbons (Fsp3) is 1.00. The maximum absolute atomic E-state index is 11.0. The van der Waals surface area contributed by atoms with Gasteiger partial charge in [-0.15, -0.1) is 0 Å². The van der Waals surface area contributed by atoms with E-state index in [-0.39, 0.29) is 11.7 Å². The van der Waals surface area contributed by atoms with Gasteiger partial charge in [0, 0.05) is 13.2 Å². The largest absolute Gasteiger partial charge is 0.393 e. The minimum atomic E-state index is -0.390. The van der Waals surface area contributed by atoms with Crippen LogP contribution in [0.25, 0.3) is 0 Å². The van der Waals surface area contributed by atoms with E-state index >= 15 is 0 Å². The average molecular weight is 447 g/mol. The second-order valence-corrected chi connectivity index (χ2v) is 13.4. The molecule has 0 aromatic heterocycles. The summed E-state index contributed by atoms with van der Waals surface area (Å²) < 4.78 is 5.52. The van der Waals surface area contributed by atoms with Gasteiger partial charge in [0.05, 0.1) is 11.7 Å². The Bertz CT molecular complexity index is 659. The highest BCUT2D eigenvalue weighted by Gasteiger charge is 2.61. The number of rotatable bonds is 5. The van der Waals surface area contributed by atoms with E-state index < -0.39 is 0 Å². The van der Waals surface area contributed by atoms with E-state index in [1.54, 1.807) is 0 Å². The minimum Gasteiger partial charge on any atom is -0.393 e. The molecule has 0 bridgehead atoms. The summed E-state index contributed by atoms with van der Waals surface area (Å²) in [5, 5.41) is 22.0. The van der Waals surface area contributed by atoms with Crippen LogP contribution < -0.4 is 0 Å². The van der Waals surface area contributed by atoms with Gasteiger partial charge < -0.3 is 14.9 Å². The van der Waals surface area contributed by atoms with Crippen molar-refractivity contribution in [2.75, 3.05) is 13.2 Å². The molecule has 184 valence electrons. The summed E-state index contributed by atoms with van der Waals surface area (Å²) in [6, 6.07) is 0. The molecule has 4 aliphatic carbocycles. The maximum atomic E-state index is 11.0. The second kappa shape index (κ2) is 8.83. The molecule has 1 aliphatic heterocycles. The number of aliphatic hydroxyl groups excluding tert-OH is 1. The molecule has 5 fully saturated rings. The number of hydrogen-bond donors (Lipinski definition) is 2. The van der Waals surface area contributed by atoms with E-state index in [0.717, 1.165) is 81.8 Å². The summed E-state index contributed by atoms with van der Waals surface area (Å²) >= 11 is 0. The van der Waals surface area contributed by atoms with Gasteiger partial charge in [0.25, 0.3) is 0 Å². The zero-order valence-electron chi connectivity index (χ0n) is 21.2. The lowest BCUT2D eigenvalue weighted by Crippen LogP contribution is -2.55. The Labute approximate surface area is 197 Å². The van der Waals surface area contributed by atoms with Gasteiger partial charge in [-0.05, 0) is 136 Å². The smallest absolute Gasteiger partial charge is 0.0648 e. The normalized spacial score (nSPS) is 50.3. The van der Waals surface area contributed by atoms with Gasteiger partial charge in [-0.1, -0.05) is 20.8 Å². The third-order valence-electron chi connectivity index (χ3n) is 12.2. The molecule has 1 heterocycles. The van der Waals surface area contributed by atoms with Crippen LogP contribution in [0.1, 0.15) is 111 Å². The lowest BCUT2D eigenvalue weighted by molar-refractivity contribution is -0.152. The van der Waals surface area contributed by atoms with Crippen LogP contribution in [0.5, 0.6) is 0 Å². The molecule has 9 atom stereocenters. The molecule has 4 saturated carbocycles. The average Bonchev–Trinajstić information content (AvgIpc) is 3.11. The van der Waals surface area contributed by atoms with Crippen molar-refractivity contribution in [2.24, 2.45) is 46.3 Å². The fourth-order valence-electron chi connectivity index (χ4n) is 9.93. The van der Waals surface area contributed by atoms with Crippen molar-refractivity contribution >= 4 is 0 Å². The van der Waals surface area contributed by atoms with Crippen molar-refractivity contribution in [1.29, 1.82) is 0 Å². The highest BCUT2D eigenvalue weighted by atomic mass is 16.5. The molecule has 3 nitrogen and oxygen atoms in total. The van der Waals surface area contributed by atoms with E-state index in [4.69, 9.17) is 4.74 Å². The zero-order chi connectivity index (χ0) is 22.6. The summed E-state index contributed by atoms with van der Waals surface area (Å²) in [6.45, 7) is 9.17. The standard InChI is InChI=1S/C29H50O3/c1-4-29(31)14-13-28(3)22(19-29)5-7-24-25-8-6-21(27(25,2)12-9-26(24)28)18-23(30)17-20-10-15-32-16-11-20/h20-26,30-31H,4-19H2,1-3H3/t21-,22?,23?,24?,25?,26?,27?,28?,29+/m1/s1. The summed E-state index contributed by atoms with van der Waals surface area (Å²) in [6.07, 6.45) is 16.6. The summed E-state index contributed by atoms with van der Waals surface area (Å²) in [4.78, 5) is 0.